The number of anilines is 1. The Morgan fingerprint density at radius 1 is 1.53 bits per heavy atom. The van der Waals surface area contributed by atoms with Crippen molar-refractivity contribution >= 4 is 11.6 Å². The van der Waals surface area contributed by atoms with E-state index in [9.17, 15) is 9.18 Å². The number of nitrogens with zero attached hydrogens (tertiary/aromatic N) is 1. The van der Waals surface area contributed by atoms with Crippen molar-refractivity contribution in [3.8, 4) is 0 Å². The van der Waals surface area contributed by atoms with Crippen LogP contribution in [-0.4, -0.2) is 16.1 Å². The predicted octanol–water partition coefficient (Wildman–Crippen LogP) is 1.06. The van der Waals surface area contributed by atoms with E-state index in [2.05, 4.69) is 15.5 Å². The minimum atomic E-state index is -0.630. The van der Waals surface area contributed by atoms with E-state index in [1.807, 2.05) is 0 Å². The fourth-order valence-electron chi connectivity index (χ4n) is 1.37. The van der Waals surface area contributed by atoms with Crippen molar-refractivity contribution in [3.63, 3.8) is 0 Å². The van der Waals surface area contributed by atoms with Crippen LogP contribution in [0.2, 0.25) is 0 Å². The van der Waals surface area contributed by atoms with E-state index < -0.39 is 11.7 Å². The van der Waals surface area contributed by atoms with Gasteiger partial charge in [0.15, 0.2) is 0 Å². The first-order valence-corrected chi connectivity index (χ1v) is 4.97. The first kappa shape index (κ1) is 11.1. The van der Waals surface area contributed by atoms with Crippen LogP contribution in [0, 0.1) is 5.82 Å². The molecule has 0 fully saturated rings. The van der Waals surface area contributed by atoms with Gasteiger partial charge >= 0.3 is 0 Å². The summed E-state index contributed by atoms with van der Waals surface area (Å²) in [6.07, 6.45) is 3.24. The van der Waals surface area contributed by atoms with Crippen LogP contribution < -0.4 is 11.1 Å². The summed E-state index contributed by atoms with van der Waals surface area (Å²) >= 11 is 0. The second kappa shape index (κ2) is 4.65. The number of rotatable bonds is 3. The highest BCUT2D eigenvalue weighted by atomic mass is 19.1. The summed E-state index contributed by atoms with van der Waals surface area (Å²) in [5, 5.41) is 8.94. The summed E-state index contributed by atoms with van der Waals surface area (Å²) in [5.74, 6) is -1.11. The van der Waals surface area contributed by atoms with E-state index in [-0.39, 0.29) is 11.3 Å². The minimum Gasteiger partial charge on any atom is -0.399 e. The summed E-state index contributed by atoms with van der Waals surface area (Å²) < 4.78 is 13.4. The molecule has 0 spiro atoms. The van der Waals surface area contributed by atoms with E-state index >= 15 is 0 Å². The number of benzene rings is 1. The number of hydrogen-bond donors (Lipinski definition) is 3. The standard InChI is InChI=1S/C11H11FN4O/c12-10-3-8(13)1-2-9(10)11(17)14-4-7-5-15-16-6-7/h1-3,5-6H,4,13H2,(H,14,17)(H,15,16). The van der Waals surface area contributed by atoms with Crippen LogP contribution in [0.1, 0.15) is 15.9 Å². The monoisotopic (exact) mass is 234 g/mol. The molecule has 1 aromatic carbocycles. The zero-order chi connectivity index (χ0) is 12.3. The first-order valence-electron chi connectivity index (χ1n) is 4.97. The molecule has 6 heteroatoms. The molecule has 0 radical (unpaired) electrons. The summed E-state index contributed by atoms with van der Waals surface area (Å²) in [4.78, 5) is 11.6. The van der Waals surface area contributed by atoms with Crippen molar-refractivity contribution in [2.24, 2.45) is 0 Å². The Hall–Kier alpha value is -2.37. The van der Waals surface area contributed by atoms with Crippen LogP contribution in [0.4, 0.5) is 10.1 Å². The highest BCUT2D eigenvalue weighted by Crippen LogP contribution is 2.11. The second-order valence-electron chi connectivity index (χ2n) is 3.53. The van der Waals surface area contributed by atoms with Crippen molar-refractivity contribution in [1.29, 1.82) is 0 Å². The molecule has 1 heterocycles. The molecule has 0 aliphatic rings. The van der Waals surface area contributed by atoms with Crippen LogP contribution in [-0.2, 0) is 6.54 Å². The second-order valence-corrected chi connectivity index (χ2v) is 3.53. The number of nitrogens with one attached hydrogen (secondary N) is 2. The lowest BCUT2D eigenvalue weighted by Crippen LogP contribution is -2.23. The number of nitrogens with two attached hydrogens (primary N) is 1. The Balaban J connectivity index is 2.04. The van der Waals surface area contributed by atoms with E-state index in [1.165, 1.54) is 12.1 Å². The van der Waals surface area contributed by atoms with Crippen LogP contribution in [0.3, 0.4) is 0 Å². The summed E-state index contributed by atoms with van der Waals surface area (Å²) in [5.41, 5.74) is 6.47. The van der Waals surface area contributed by atoms with Gasteiger partial charge in [0.2, 0.25) is 0 Å². The highest BCUT2D eigenvalue weighted by molar-refractivity contribution is 5.94. The summed E-state index contributed by atoms with van der Waals surface area (Å²) in [6.45, 7) is 0.291. The Morgan fingerprint density at radius 2 is 2.35 bits per heavy atom. The normalized spacial score (nSPS) is 10.2. The Morgan fingerprint density at radius 3 is 3.00 bits per heavy atom. The number of carbonyl (C=O) groups excluding carboxylic acids is 1. The van der Waals surface area contributed by atoms with Crippen LogP contribution in [0.25, 0.3) is 0 Å². The Kier molecular flexibility index (Phi) is 3.04. The highest BCUT2D eigenvalue weighted by Gasteiger charge is 2.11. The lowest BCUT2D eigenvalue weighted by atomic mass is 10.2. The van der Waals surface area contributed by atoms with E-state index in [4.69, 9.17) is 5.73 Å². The zero-order valence-corrected chi connectivity index (χ0v) is 8.90. The van der Waals surface area contributed by atoms with Crippen molar-refractivity contribution in [2.45, 2.75) is 6.54 Å². The minimum absolute atomic E-state index is 0.0253. The molecule has 1 amide bonds. The maximum Gasteiger partial charge on any atom is 0.254 e. The average Bonchev–Trinajstić information content (AvgIpc) is 2.78. The van der Waals surface area contributed by atoms with Gasteiger partial charge in [-0.2, -0.15) is 5.10 Å². The smallest absolute Gasteiger partial charge is 0.254 e. The van der Waals surface area contributed by atoms with Crippen LogP contribution in [0.15, 0.2) is 30.6 Å². The molecular formula is C11H11FN4O. The number of H-pyrrole nitrogens is 1. The van der Waals surface area contributed by atoms with Gasteiger partial charge in [0, 0.05) is 24.0 Å². The van der Waals surface area contributed by atoms with Crippen molar-refractivity contribution in [3.05, 3.63) is 47.5 Å². The summed E-state index contributed by atoms with van der Waals surface area (Å²) in [7, 11) is 0. The van der Waals surface area contributed by atoms with Gasteiger partial charge in [0.25, 0.3) is 5.91 Å². The van der Waals surface area contributed by atoms with Gasteiger partial charge in [-0.15, -0.1) is 0 Å². The molecule has 17 heavy (non-hydrogen) atoms. The largest absolute Gasteiger partial charge is 0.399 e. The Bertz CT molecular complexity index is 524. The molecule has 2 aromatic rings. The molecule has 0 aliphatic heterocycles. The van der Waals surface area contributed by atoms with Crippen LogP contribution >= 0.6 is 0 Å². The maximum absolute atomic E-state index is 13.4. The third-order valence-corrected chi connectivity index (χ3v) is 2.25. The fraction of sp³-hybridized carbons (Fsp3) is 0.0909. The number of aromatic amines is 1. The first-order chi connectivity index (χ1) is 8.16. The van der Waals surface area contributed by atoms with Gasteiger partial charge in [0.05, 0.1) is 11.8 Å². The molecule has 0 atom stereocenters. The molecule has 5 nitrogen and oxygen atoms in total. The van der Waals surface area contributed by atoms with E-state index in [1.54, 1.807) is 12.4 Å². The molecule has 0 saturated carbocycles. The van der Waals surface area contributed by atoms with Gasteiger partial charge in [-0.05, 0) is 18.2 Å². The van der Waals surface area contributed by atoms with E-state index in [0.717, 1.165) is 11.6 Å². The Labute approximate surface area is 96.8 Å². The number of amides is 1. The lowest BCUT2D eigenvalue weighted by molar-refractivity contribution is 0.0947. The van der Waals surface area contributed by atoms with Crippen LogP contribution in [0.5, 0.6) is 0 Å². The SMILES string of the molecule is Nc1ccc(C(=O)NCc2cn[nH]c2)c(F)c1. The molecular weight excluding hydrogens is 223 g/mol. The third-order valence-electron chi connectivity index (χ3n) is 2.25. The number of carbonyl (C=O) groups is 1. The van der Waals surface area contributed by atoms with Crippen molar-refractivity contribution in [2.75, 3.05) is 5.73 Å². The molecule has 0 aliphatic carbocycles. The maximum atomic E-state index is 13.4. The molecule has 0 saturated heterocycles. The van der Waals surface area contributed by atoms with Crippen molar-refractivity contribution in [1.82, 2.24) is 15.5 Å². The number of nitrogen functional groups attached to an aromatic ring is 1. The van der Waals surface area contributed by atoms with Gasteiger partial charge in [-0.25, -0.2) is 4.39 Å². The molecule has 88 valence electrons. The summed E-state index contributed by atoms with van der Waals surface area (Å²) in [6, 6.07) is 3.96. The zero-order valence-electron chi connectivity index (χ0n) is 8.90. The third kappa shape index (κ3) is 2.60. The molecule has 2 rings (SSSR count). The molecule has 1 aromatic heterocycles. The molecule has 4 N–H and O–H groups in total. The average molecular weight is 234 g/mol. The molecule has 0 unspecified atom stereocenters. The number of hydrogen-bond acceptors (Lipinski definition) is 3. The quantitative estimate of drug-likeness (QED) is 0.694. The van der Waals surface area contributed by atoms with Gasteiger partial charge in [-0.1, -0.05) is 0 Å². The topological polar surface area (TPSA) is 83.8 Å². The lowest BCUT2D eigenvalue weighted by Gasteiger charge is -2.05. The fourth-order valence-corrected chi connectivity index (χ4v) is 1.37. The number of aromatic nitrogens is 2. The van der Waals surface area contributed by atoms with Gasteiger partial charge in [0.1, 0.15) is 5.82 Å². The van der Waals surface area contributed by atoms with E-state index in [0.29, 0.717) is 6.54 Å². The number of halogens is 1. The van der Waals surface area contributed by atoms with Gasteiger partial charge in [-0.3, -0.25) is 9.89 Å². The predicted molar refractivity (Wildman–Crippen MR) is 60.6 cm³/mol. The van der Waals surface area contributed by atoms with Crippen molar-refractivity contribution < 1.29 is 9.18 Å². The molecule has 0 bridgehead atoms. The van der Waals surface area contributed by atoms with Gasteiger partial charge < -0.3 is 11.1 Å².